The molecule has 0 spiro atoms. The number of carboxylic acid groups (broad SMARTS) is 1. The number of carbonyl (C=O) groups is 2. The molecular formula is C12H16N2O4. The van der Waals surface area contributed by atoms with E-state index in [4.69, 9.17) is 9.84 Å². The van der Waals surface area contributed by atoms with Gasteiger partial charge in [0.2, 0.25) is 5.91 Å². The molecule has 1 N–H and O–H groups in total. The molecule has 18 heavy (non-hydrogen) atoms. The van der Waals surface area contributed by atoms with Crippen LogP contribution in [0.1, 0.15) is 12.0 Å². The fraction of sp³-hybridized carbons (Fsp3) is 0.417. The number of aromatic nitrogens is 1. The Morgan fingerprint density at radius 1 is 1.50 bits per heavy atom. The second-order valence-electron chi connectivity index (χ2n) is 3.75. The second kappa shape index (κ2) is 7.39. The van der Waals surface area contributed by atoms with E-state index in [0.717, 1.165) is 5.56 Å². The van der Waals surface area contributed by atoms with E-state index in [9.17, 15) is 9.59 Å². The van der Waals surface area contributed by atoms with E-state index < -0.39 is 5.97 Å². The van der Waals surface area contributed by atoms with Crippen LogP contribution < -0.4 is 0 Å². The summed E-state index contributed by atoms with van der Waals surface area (Å²) in [5.74, 6) is -1.17. The first-order valence-corrected chi connectivity index (χ1v) is 5.51. The lowest BCUT2D eigenvalue weighted by Gasteiger charge is -2.21. The minimum atomic E-state index is -0.934. The van der Waals surface area contributed by atoms with Crippen molar-refractivity contribution in [3.05, 3.63) is 30.1 Å². The minimum absolute atomic E-state index is 0.0557. The highest BCUT2D eigenvalue weighted by Gasteiger charge is 2.15. The Labute approximate surface area is 105 Å². The van der Waals surface area contributed by atoms with Gasteiger partial charge >= 0.3 is 5.97 Å². The lowest BCUT2D eigenvalue weighted by Crippen LogP contribution is -2.35. The average Bonchev–Trinajstić information content (AvgIpc) is 2.35. The molecule has 0 fully saturated rings. The summed E-state index contributed by atoms with van der Waals surface area (Å²) in [6.45, 7) is 0.440. The van der Waals surface area contributed by atoms with Crippen LogP contribution in [0.5, 0.6) is 0 Å². The van der Waals surface area contributed by atoms with E-state index in [-0.39, 0.29) is 25.5 Å². The summed E-state index contributed by atoms with van der Waals surface area (Å²) < 4.78 is 4.77. The molecule has 0 saturated heterocycles. The quantitative estimate of drug-likeness (QED) is 0.765. The first-order chi connectivity index (χ1) is 8.63. The van der Waals surface area contributed by atoms with Crippen LogP contribution in [-0.2, 0) is 20.9 Å². The number of rotatable bonds is 7. The maximum Gasteiger partial charge on any atom is 0.305 e. The van der Waals surface area contributed by atoms with Gasteiger partial charge in [-0.25, -0.2) is 0 Å². The molecule has 1 amide bonds. The fourth-order valence-corrected chi connectivity index (χ4v) is 1.45. The van der Waals surface area contributed by atoms with Crippen molar-refractivity contribution in [3.63, 3.8) is 0 Å². The zero-order valence-electron chi connectivity index (χ0n) is 10.2. The van der Waals surface area contributed by atoms with Crippen LogP contribution in [0.4, 0.5) is 0 Å². The van der Waals surface area contributed by atoms with Crippen molar-refractivity contribution in [3.8, 4) is 0 Å². The number of carbonyl (C=O) groups excluding carboxylic acids is 1. The molecule has 1 rings (SSSR count). The molecule has 6 heteroatoms. The molecule has 0 atom stereocenters. The molecule has 0 aliphatic rings. The molecule has 0 saturated carbocycles. The number of carboxylic acids is 1. The van der Waals surface area contributed by atoms with E-state index in [1.165, 1.54) is 12.0 Å². The van der Waals surface area contributed by atoms with Crippen LogP contribution in [0, 0.1) is 0 Å². The van der Waals surface area contributed by atoms with Gasteiger partial charge in [0.15, 0.2) is 0 Å². The SMILES string of the molecule is COCC(=O)N(CCC(=O)O)Cc1cccnc1. The molecule has 98 valence electrons. The topological polar surface area (TPSA) is 79.7 Å². The van der Waals surface area contributed by atoms with E-state index in [0.29, 0.717) is 6.54 Å². The highest BCUT2D eigenvalue weighted by atomic mass is 16.5. The Hall–Kier alpha value is -1.95. The minimum Gasteiger partial charge on any atom is -0.481 e. The van der Waals surface area contributed by atoms with Gasteiger partial charge < -0.3 is 14.7 Å². The van der Waals surface area contributed by atoms with Gasteiger partial charge in [0.1, 0.15) is 6.61 Å². The van der Waals surface area contributed by atoms with Crippen molar-refractivity contribution in [2.24, 2.45) is 0 Å². The lowest BCUT2D eigenvalue weighted by molar-refractivity contribution is -0.140. The molecule has 0 aliphatic heterocycles. The molecule has 6 nitrogen and oxygen atoms in total. The molecule has 0 bridgehead atoms. The smallest absolute Gasteiger partial charge is 0.305 e. The van der Waals surface area contributed by atoms with Crippen molar-refractivity contribution in [2.45, 2.75) is 13.0 Å². The van der Waals surface area contributed by atoms with Gasteiger partial charge in [-0.1, -0.05) is 6.07 Å². The Bertz CT molecular complexity index is 394. The number of hydrogen-bond acceptors (Lipinski definition) is 4. The van der Waals surface area contributed by atoms with Crippen molar-refractivity contribution in [1.29, 1.82) is 0 Å². The monoisotopic (exact) mass is 252 g/mol. The number of pyridine rings is 1. The highest BCUT2D eigenvalue weighted by Crippen LogP contribution is 2.04. The summed E-state index contributed by atoms with van der Waals surface area (Å²) in [5, 5.41) is 8.66. The van der Waals surface area contributed by atoms with Gasteiger partial charge in [0.05, 0.1) is 6.42 Å². The average molecular weight is 252 g/mol. The molecule has 0 unspecified atom stereocenters. The summed E-state index contributed by atoms with van der Waals surface area (Å²) in [4.78, 5) is 27.7. The highest BCUT2D eigenvalue weighted by molar-refractivity contribution is 5.78. The summed E-state index contributed by atoms with van der Waals surface area (Å²) >= 11 is 0. The van der Waals surface area contributed by atoms with Crippen molar-refractivity contribution >= 4 is 11.9 Å². The Balaban J connectivity index is 2.64. The first-order valence-electron chi connectivity index (χ1n) is 5.51. The van der Waals surface area contributed by atoms with Crippen molar-refractivity contribution in [1.82, 2.24) is 9.88 Å². The third-order valence-corrected chi connectivity index (χ3v) is 2.31. The zero-order chi connectivity index (χ0) is 13.4. The molecule has 0 radical (unpaired) electrons. The van der Waals surface area contributed by atoms with Crippen molar-refractivity contribution < 1.29 is 19.4 Å². The second-order valence-corrected chi connectivity index (χ2v) is 3.75. The number of amides is 1. The first kappa shape index (κ1) is 14.1. The van der Waals surface area contributed by atoms with E-state index in [1.54, 1.807) is 18.5 Å². The molecule has 1 aromatic rings. The molecule has 1 heterocycles. The molecule has 1 aromatic heterocycles. The van der Waals surface area contributed by atoms with Gasteiger partial charge in [0, 0.05) is 32.6 Å². The van der Waals surface area contributed by atoms with Gasteiger partial charge in [-0.05, 0) is 11.6 Å². The summed E-state index contributed by atoms with van der Waals surface area (Å²) in [5.41, 5.74) is 0.854. The molecule has 0 aromatic carbocycles. The summed E-state index contributed by atoms with van der Waals surface area (Å²) in [6.07, 6.45) is 3.20. The predicted octanol–water partition coefficient (Wildman–Crippen LogP) is 0.531. The number of methoxy groups -OCH3 is 1. The fourth-order valence-electron chi connectivity index (χ4n) is 1.45. The van der Waals surface area contributed by atoms with Crippen LogP contribution in [0.2, 0.25) is 0 Å². The van der Waals surface area contributed by atoms with Gasteiger partial charge in [0.25, 0.3) is 0 Å². The van der Waals surface area contributed by atoms with E-state index in [1.807, 2.05) is 6.07 Å². The maximum absolute atomic E-state index is 11.7. The van der Waals surface area contributed by atoms with Gasteiger partial charge in [-0.15, -0.1) is 0 Å². The number of aliphatic carboxylic acids is 1. The molecule has 0 aliphatic carbocycles. The van der Waals surface area contributed by atoms with Crippen molar-refractivity contribution in [2.75, 3.05) is 20.3 Å². The Morgan fingerprint density at radius 3 is 2.83 bits per heavy atom. The summed E-state index contributed by atoms with van der Waals surface area (Å²) in [6, 6.07) is 3.60. The van der Waals surface area contributed by atoms with Crippen LogP contribution >= 0.6 is 0 Å². The Morgan fingerprint density at radius 2 is 2.28 bits per heavy atom. The zero-order valence-corrected chi connectivity index (χ0v) is 10.2. The standard InChI is InChI=1S/C12H16N2O4/c1-18-9-11(15)14(6-4-12(16)17)8-10-3-2-5-13-7-10/h2-3,5,7H,4,6,8-9H2,1H3,(H,16,17). The van der Waals surface area contributed by atoms with E-state index in [2.05, 4.69) is 4.98 Å². The van der Waals surface area contributed by atoms with E-state index >= 15 is 0 Å². The van der Waals surface area contributed by atoms with Gasteiger partial charge in [-0.3, -0.25) is 14.6 Å². The summed E-state index contributed by atoms with van der Waals surface area (Å²) in [7, 11) is 1.43. The normalized spacial score (nSPS) is 10.1. The predicted molar refractivity (Wildman–Crippen MR) is 63.8 cm³/mol. The van der Waals surface area contributed by atoms with Crippen LogP contribution in [0.3, 0.4) is 0 Å². The maximum atomic E-state index is 11.7. The lowest BCUT2D eigenvalue weighted by atomic mass is 10.2. The number of nitrogens with zero attached hydrogens (tertiary/aromatic N) is 2. The number of hydrogen-bond donors (Lipinski definition) is 1. The van der Waals surface area contributed by atoms with Gasteiger partial charge in [-0.2, -0.15) is 0 Å². The van der Waals surface area contributed by atoms with Crippen LogP contribution in [0.15, 0.2) is 24.5 Å². The van der Waals surface area contributed by atoms with Crippen LogP contribution in [-0.4, -0.2) is 47.1 Å². The number of ether oxygens (including phenoxy) is 1. The Kier molecular flexibility index (Phi) is 5.79. The van der Waals surface area contributed by atoms with Crippen LogP contribution in [0.25, 0.3) is 0 Å². The molecular weight excluding hydrogens is 236 g/mol. The third-order valence-electron chi connectivity index (χ3n) is 2.31. The largest absolute Gasteiger partial charge is 0.481 e. The third kappa shape index (κ3) is 4.92.